The van der Waals surface area contributed by atoms with Crippen LogP contribution in [0.25, 0.3) is 11.0 Å². The molecule has 1 heterocycles. The molecule has 2 aromatic rings. The number of furan rings is 1. The van der Waals surface area contributed by atoms with Crippen LogP contribution in [-0.2, 0) is 16.0 Å². The summed E-state index contributed by atoms with van der Waals surface area (Å²) in [4.78, 5) is 23.8. The molecule has 0 saturated heterocycles. The Morgan fingerprint density at radius 3 is 2.62 bits per heavy atom. The maximum Gasteiger partial charge on any atom is 0.408 e. The van der Waals surface area contributed by atoms with Crippen LogP contribution in [0, 0.1) is 0 Å². The van der Waals surface area contributed by atoms with Crippen LogP contribution in [0.4, 0.5) is 8.68 Å². The summed E-state index contributed by atoms with van der Waals surface area (Å²) in [6.07, 6.45) is -0.623. The quantitative estimate of drug-likeness (QED) is 0.564. The van der Waals surface area contributed by atoms with E-state index in [1.54, 1.807) is 26.8 Å². The summed E-state index contributed by atoms with van der Waals surface area (Å²) >= 11 is 5.59. The van der Waals surface area contributed by atoms with Crippen molar-refractivity contribution < 1.29 is 31.5 Å². The van der Waals surface area contributed by atoms with Crippen molar-refractivity contribution in [3.8, 4) is 5.75 Å². The zero-order chi connectivity index (χ0) is 19.5. The Labute approximate surface area is 158 Å². The molecular formula is C16H17ClFNO6S. The van der Waals surface area contributed by atoms with Gasteiger partial charge in [-0.05, 0) is 32.9 Å². The summed E-state index contributed by atoms with van der Waals surface area (Å²) in [6, 6.07) is 3.03. The monoisotopic (exact) mass is 405 g/mol. The maximum absolute atomic E-state index is 12.5. The number of carbonyl (C=O) groups is 2. The topological polar surface area (TPSA) is 87.0 Å². The van der Waals surface area contributed by atoms with Crippen molar-refractivity contribution in [3.05, 3.63) is 28.5 Å². The first-order valence-electron chi connectivity index (χ1n) is 7.41. The van der Waals surface area contributed by atoms with Gasteiger partial charge in [-0.25, -0.2) is 9.59 Å². The van der Waals surface area contributed by atoms with E-state index < -0.39 is 30.1 Å². The first-order valence-corrected chi connectivity index (χ1v) is 8.43. The zero-order valence-corrected chi connectivity index (χ0v) is 16.0. The number of methoxy groups -OCH3 is 1. The standard InChI is InChI=1S/C16H17ClFNO6S/c1-16(2,3)24-15(21)19-7-9-5-8-6-10(17)13(25-26-18)11(12(8)23-9)14(20)22-4/h5-6H,7H2,1-4H3,(H,19,21). The average Bonchev–Trinajstić information content (AvgIpc) is 2.93. The van der Waals surface area contributed by atoms with Gasteiger partial charge in [-0.1, -0.05) is 11.6 Å². The van der Waals surface area contributed by atoms with Gasteiger partial charge < -0.3 is 23.4 Å². The van der Waals surface area contributed by atoms with Gasteiger partial charge in [0.2, 0.25) is 0 Å². The highest BCUT2D eigenvalue weighted by Gasteiger charge is 2.25. The Morgan fingerprint density at radius 1 is 1.35 bits per heavy atom. The number of alkyl carbamates (subject to hydrolysis) is 1. The van der Waals surface area contributed by atoms with Gasteiger partial charge in [0.1, 0.15) is 16.9 Å². The van der Waals surface area contributed by atoms with Gasteiger partial charge in [0.25, 0.3) is 12.4 Å². The second-order valence-electron chi connectivity index (χ2n) is 6.19. The molecule has 2 rings (SSSR count). The molecule has 26 heavy (non-hydrogen) atoms. The van der Waals surface area contributed by atoms with Crippen molar-refractivity contribution in [1.82, 2.24) is 5.32 Å². The third kappa shape index (κ3) is 4.73. The van der Waals surface area contributed by atoms with E-state index in [0.717, 1.165) is 7.11 Å². The van der Waals surface area contributed by atoms with E-state index in [0.29, 0.717) is 11.1 Å². The molecule has 0 aliphatic rings. The molecule has 1 aromatic heterocycles. The summed E-state index contributed by atoms with van der Waals surface area (Å²) in [6.45, 7) is 5.23. The average molecular weight is 406 g/mol. The number of hydrogen-bond acceptors (Lipinski definition) is 7. The normalized spacial score (nSPS) is 11.3. The van der Waals surface area contributed by atoms with Gasteiger partial charge in [-0.2, -0.15) is 0 Å². The summed E-state index contributed by atoms with van der Waals surface area (Å²) in [5.41, 5.74) is -0.685. The lowest BCUT2D eigenvalue weighted by Gasteiger charge is -2.19. The third-order valence-corrected chi connectivity index (χ3v) is 3.59. The molecule has 142 valence electrons. The Bertz CT molecular complexity index is 832. The van der Waals surface area contributed by atoms with E-state index in [-0.39, 0.29) is 28.5 Å². The number of amides is 1. The molecule has 0 aliphatic carbocycles. The molecule has 1 amide bonds. The van der Waals surface area contributed by atoms with Crippen molar-refractivity contribution in [2.24, 2.45) is 0 Å². The van der Waals surface area contributed by atoms with Gasteiger partial charge in [-0.3, -0.25) is 0 Å². The molecule has 0 saturated carbocycles. The lowest BCUT2D eigenvalue weighted by Crippen LogP contribution is -2.32. The molecule has 10 heteroatoms. The highest BCUT2D eigenvalue weighted by Crippen LogP contribution is 2.39. The molecule has 0 aliphatic heterocycles. The molecule has 0 bridgehead atoms. The summed E-state index contributed by atoms with van der Waals surface area (Å²) in [5.74, 6) is -0.681. The minimum Gasteiger partial charge on any atom is -0.465 e. The second kappa shape index (κ2) is 8.05. The van der Waals surface area contributed by atoms with E-state index >= 15 is 0 Å². The van der Waals surface area contributed by atoms with Gasteiger partial charge >= 0.3 is 12.1 Å². The van der Waals surface area contributed by atoms with Crippen LogP contribution in [0.5, 0.6) is 5.75 Å². The predicted molar refractivity (Wildman–Crippen MR) is 95.0 cm³/mol. The summed E-state index contributed by atoms with van der Waals surface area (Å²) in [7, 11) is 1.16. The Hall–Kier alpha value is -2.13. The van der Waals surface area contributed by atoms with E-state index in [2.05, 4.69) is 10.1 Å². The van der Waals surface area contributed by atoms with Crippen molar-refractivity contribution in [2.45, 2.75) is 32.9 Å². The van der Waals surface area contributed by atoms with Crippen LogP contribution in [-0.4, -0.2) is 24.8 Å². The molecule has 1 N–H and O–H groups in total. The molecule has 0 atom stereocenters. The van der Waals surface area contributed by atoms with Crippen LogP contribution in [0.1, 0.15) is 36.9 Å². The molecule has 0 unspecified atom stereocenters. The van der Waals surface area contributed by atoms with Crippen molar-refractivity contribution >= 4 is 47.1 Å². The Morgan fingerprint density at radius 2 is 2.04 bits per heavy atom. The largest absolute Gasteiger partial charge is 0.465 e. The lowest BCUT2D eigenvalue weighted by atomic mass is 10.1. The number of nitrogens with one attached hydrogen (secondary N) is 1. The molecule has 0 fully saturated rings. The van der Waals surface area contributed by atoms with Crippen LogP contribution >= 0.6 is 24.0 Å². The minimum absolute atomic E-state index is 0.00972. The van der Waals surface area contributed by atoms with Gasteiger partial charge in [0, 0.05) is 5.39 Å². The fourth-order valence-electron chi connectivity index (χ4n) is 2.15. The number of benzene rings is 1. The Kier molecular flexibility index (Phi) is 6.25. The number of rotatable bonds is 5. The van der Waals surface area contributed by atoms with Crippen LogP contribution in [0.15, 0.2) is 16.5 Å². The fraction of sp³-hybridized carbons (Fsp3) is 0.375. The van der Waals surface area contributed by atoms with Crippen molar-refractivity contribution in [3.63, 3.8) is 0 Å². The van der Waals surface area contributed by atoms with Gasteiger partial charge in [0.15, 0.2) is 11.3 Å². The molecule has 7 nitrogen and oxygen atoms in total. The first-order chi connectivity index (χ1) is 12.2. The van der Waals surface area contributed by atoms with E-state index in [1.807, 2.05) is 0 Å². The number of esters is 1. The highest BCUT2D eigenvalue weighted by atomic mass is 35.5. The molecular weight excluding hydrogens is 389 g/mol. The maximum atomic E-state index is 12.5. The SMILES string of the molecule is COC(=O)c1c(OSF)c(Cl)cc2cc(CNC(=O)OC(C)(C)C)oc12. The van der Waals surface area contributed by atoms with Gasteiger partial charge in [-0.15, -0.1) is 3.89 Å². The second-order valence-corrected chi connectivity index (χ2v) is 6.89. The summed E-state index contributed by atoms with van der Waals surface area (Å²) in [5, 5.41) is 3.01. The van der Waals surface area contributed by atoms with E-state index in [4.69, 9.17) is 24.9 Å². The number of hydrogen-bond donors (Lipinski definition) is 1. The molecule has 0 radical (unpaired) electrons. The predicted octanol–water partition coefficient (Wildman–Crippen LogP) is 4.81. The molecule has 1 aromatic carbocycles. The van der Waals surface area contributed by atoms with Crippen molar-refractivity contribution in [2.75, 3.05) is 7.11 Å². The van der Waals surface area contributed by atoms with Crippen LogP contribution in [0.3, 0.4) is 0 Å². The molecule has 0 spiro atoms. The minimum atomic E-state index is -0.803. The summed E-state index contributed by atoms with van der Waals surface area (Å²) < 4.78 is 32.7. The van der Waals surface area contributed by atoms with E-state index in [1.165, 1.54) is 6.07 Å². The van der Waals surface area contributed by atoms with Crippen molar-refractivity contribution in [1.29, 1.82) is 0 Å². The zero-order valence-electron chi connectivity index (χ0n) is 14.5. The van der Waals surface area contributed by atoms with Gasteiger partial charge in [0.05, 0.1) is 18.7 Å². The number of carbonyl (C=O) groups excluding carboxylic acids is 2. The van der Waals surface area contributed by atoms with Crippen LogP contribution in [0.2, 0.25) is 5.02 Å². The Balaban J connectivity index is 2.35. The smallest absolute Gasteiger partial charge is 0.408 e. The fourth-order valence-corrected chi connectivity index (χ4v) is 2.68. The third-order valence-electron chi connectivity index (χ3n) is 3.08. The number of halogens is 2. The number of ether oxygens (including phenoxy) is 2. The number of fused-ring (bicyclic) bond motifs is 1. The first kappa shape index (κ1) is 20.2. The van der Waals surface area contributed by atoms with E-state index in [9.17, 15) is 13.5 Å². The highest BCUT2D eigenvalue weighted by molar-refractivity contribution is 7.89. The lowest BCUT2D eigenvalue weighted by molar-refractivity contribution is 0.0518. The van der Waals surface area contributed by atoms with Crippen LogP contribution < -0.4 is 9.50 Å².